The molecule has 0 bridgehead atoms. The summed E-state index contributed by atoms with van der Waals surface area (Å²) in [5.41, 5.74) is 3.91. The Morgan fingerprint density at radius 1 is 0.976 bits per heavy atom. The largest absolute Gasteiger partial charge is 0.497 e. The van der Waals surface area contributed by atoms with Gasteiger partial charge in [0.2, 0.25) is 6.41 Å². The number of methoxy groups -OCH3 is 3. The molecule has 0 atom stereocenters. The number of nitrogens with one attached hydrogen (secondary N) is 1. The second kappa shape index (κ2) is 11.3. The average Bonchev–Trinajstić information content (AvgIpc) is 3.51. The van der Waals surface area contributed by atoms with Crippen molar-refractivity contribution < 1.29 is 23.8 Å². The summed E-state index contributed by atoms with van der Waals surface area (Å²) in [6.07, 6.45) is 7.86. The Morgan fingerprint density at radius 3 is 2.38 bits per heavy atom. The van der Waals surface area contributed by atoms with E-state index in [0.29, 0.717) is 37.7 Å². The van der Waals surface area contributed by atoms with Gasteiger partial charge < -0.3 is 29.3 Å². The van der Waals surface area contributed by atoms with Crippen LogP contribution in [0.25, 0.3) is 22.3 Å². The number of carbonyl (C=O) groups excluding carboxylic acids is 2. The number of anilines is 2. The summed E-state index contributed by atoms with van der Waals surface area (Å²) in [4.78, 5) is 37.0. The normalized spacial score (nSPS) is 16.6. The zero-order chi connectivity index (χ0) is 29.3. The number of rotatable bonds is 9. The quantitative estimate of drug-likeness (QED) is 0.302. The van der Waals surface area contributed by atoms with Crippen molar-refractivity contribution in [2.75, 3.05) is 52.8 Å². The van der Waals surface area contributed by atoms with Gasteiger partial charge in [-0.2, -0.15) is 5.10 Å². The highest BCUT2D eigenvalue weighted by molar-refractivity contribution is 5.88. The number of likely N-dealkylation sites (tertiary alicyclic amines) is 2. The van der Waals surface area contributed by atoms with Gasteiger partial charge in [-0.25, -0.2) is 4.98 Å². The van der Waals surface area contributed by atoms with Gasteiger partial charge in [0, 0.05) is 61.5 Å². The third-order valence-electron chi connectivity index (χ3n) is 8.05. The van der Waals surface area contributed by atoms with Crippen LogP contribution in [0.2, 0.25) is 0 Å². The van der Waals surface area contributed by atoms with Gasteiger partial charge in [0.25, 0.3) is 5.91 Å². The first kappa shape index (κ1) is 27.5. The topological polar surface area (TPSA) is 124 Å². The highest BCUT2D eigenvalue weighted by Crippen LogP contribution is 2.32. The van der Waals surface area contributed by atoms with Crippen LogP contribution in [0.3, 0.4) is 0 Å². The standard InChI is InChI=1S/C30H33N7O5/c1-40-24-10-22(11-25(13-24)41-2)33-21-4-5-26-27(12-21)34-28(15-31-26)20-14-32-37(16-20)23-6-8-36(9-7-23)29(39)30(42-3)17-35(18-30)19-38/h4-5,10-16,19,23,33H,6-9,17-18H2,1-3H3. The number of hydrogen-bond donors (Lipinski definition) is 1. The molecule has 0 aliphatic carbocycles. The minimum atomic E-state index is -0.919. The maximum atomic E-state index is 13.1. The van der Waals surface area contributed by atoms with Gasteiger partial charge in [-0.1, -0.05) is 0 Å². The molecule has 1 N–H and O–H groups in total. The molecule has 2 aromatic carbocycles. The SMILES string of the molecule is COc1cc(Nc2ccc3ncc(-c4cnn(C5CCN(C(=O)C6(OC)CN(C=O)C6)CC5)c4)nc3c2)cc(OC)c1. The molecular weight excluding hydrogens is 538 g/mol. The van der Waals surface area contributed by atoms with Crippen molar-refractivity contribution in [1.29, 1.82) is 0 Å². The van der Waals surface area contributed by atoms with E-state index in [1.54, 1.807) is 31.5 Å². The average molecular weight is 572 g/mol. The van der Waals surface area contributed by atoms with Crippen molar-refractivity contribution in [3.63, 3.8) is 0 Å². The number of piperidine rings is 1. The molecule has 4 aromatic rings. The molecule has 218 valence electrons. The van der Waals surface area contributed by atoms with Crippen molar-refractivity contribution in [2.24, 2.45) is 0 Å². The summed E-state index contributed by atoms with van der Waals surface area (Å²) >= 11 is 0. The van der Waals surface area contributed by atoms with E-state index in [1.807, 2.05) is 52.2 Å². The third-order valence-corrected chi connectivity index (χ3v) is 8.05. The fraction of sp³-hybridized carbons (Fsp3) is 0.367. The molecule has 2 fully saturated rings. The lowest BCUT2D eigenvalue weighted by molar-refractivity contribution is -0.179. The van der Waals surface area contributed by atoms with Crippen LogP contribution >= 0.6 is 0 Å². The van der Waals surface area contributed by atoms with E-state index >= 15 is 0 Å². The number of benzene rings is 2. The van der Waals surface area contributed by atoms with Crippen LogP contribution in [0.5, 0.6) is 11.5 Å². The summed E-state index contributed by atoms with van der Waals surface area (Å²) in [6.45, 7) is 1.81. The van der Waals surface area contributed by atoms with Gasteiger partial charge in [-0.3, -0.25) is 19.3 Å². The lowest BCUT2D eigenvalue weighted by atomic mass is 9.91. The van der Waals surface area contributed by atoms with E-state index in [4.69, 9.17) is 19.2 Å². The van der Waals surface area contributed by atoms with E-state index in [-0.39, 0.29) is 11.9 Å². The fourth-order valence-electron chi connectivity index (χ4n) is 5.60. The first-order valence-electron chi connectivity index (χ1n) is 13.8. The Morgan fingerprint density at radius 2 is 1.71 bits per heavy atom. The second-order valence-corrected chi connectivity index (χ2v) is 10.6. The molecule has 0 unspecified atom stereocenters. The van der Waals surface area contributed by atoms with E-state index < -0.39 is 5.60 Å². The maximum Gasteiger partial charge on any atom is 0.258 e. The number of amides is 2. The van der Waals surface area contributed by atoms with Crippen molar-refractivity contribution in [3.8, 4) is 22.8 Å². The molecule has 2 aliphatic rings. The Balaban J connectivity index is 1.13. The molecule has 12 heteroatoms. The zero-order valence-corrected chi connectivity index (χ0v) is 23.8. The smallest absolute Gasteiger partial charge is 0.258 e. The molecule has 42 heavy (non-hydrogen) atoms. The Kier molecular flexibility index (Phi) is 7.38. The second-order valence-electron chi connectivity index (χ2n) is 10.6. The molecule has 6 rings (SSSR count). The lowest BCUT2D eigenvalue weighted by Gasteiger charge is -2.48. The Hall–Kier alpha value is -4.71. The van der Waals surface area contributed by atoms with Crippen molar-refractivity contribution in [2.45, 2.75) is 24.5 Å². The first-order chi connectivity index (χ1) is 20.4. The number of ether oxygens (including phenoxy) is 3. The van der Waals surface area contributed by atoms with Crippen LogP contribution < -0.4 is 14.8 Å². The van der Waals surface area contributed by atoms with Crippen molar-refractivity contribution in [3.05, 3.63) is 55.0 Å². The van der Waals surface area contributed by atoms with E-state index in [9.17, 15) is 9.59 Å². The monoisotopic (exact) mass is 571 g/mol. The highest BCUT2D eigenvalue weighted by atomic mass is 16.5. The number of hydrogen-bond acceptors (Lipinski definition) is 9. The maximum absolute atomic E-state index is 13.1. The van der Waals surface area contributed by atoms with E-state index in [2.05, 4.69) is 15.4 Å². The number of nitrogens with zero attached hydrogens (tertiary/aromatic N) is 6. The van der Waals surface area contributed by atoms with Crippen LogP contribution in [0.4, 0.5) is 11.4 Å². The molecule has 4 heterocycles. The minimum Gasteiger partial charge on any atom is -0.497 e. The van der Waals surface area contributed by atoms with Gasteiger partial charge in [0.05, 0.1) is 62.5 Å². The number of aromatic nitrogens is 4. The van der Waals surface area contributed by atoms with Crippen LogP contribution in [-0.4, -0.2) is 95.0 Å². The number of carbonyl (C=O) groups is 2. The molecule has 0 saturated carbocycles. The molecule has 12 nitrogen and oxygen atoms in total. The lowest BCUT2D eigenvalue weighted by Crippen LogP contribution is -2.70. The minimum absolute atomic E-state index is 0.0476. The van der Waals surface area contributed by atoms with Crippen LogP contribution in [-0.2, 0) is 14.3 Å². The molecule has 2 saturated heterocycles. The molecule has 0 spiro atoms. The summed E-state index contributed by atoms with van der Waals surface area (Å²) in [7, 11) is 4.77. The zero-order valence-electron chi connectivity index (χ0n) is 23.8. The Bertz CT molecular complexity index is 1590. The summed E-state index contributed by atoms with van der Waals surface area (Å²) < 4.78 is 18.3. The molecule has 2 aliphatic heterocycles. The first-order valence-corrected chi connectivity index (χ1v) is 13.8. The predicted molar refractivity (Wildman–Crippen MR) is 156 cm³/mol. The van der Waals surface area contributed by atoms with Crippen LogP contribution in [0.15, 0.2) is 55.0 Å². The van der Waals surface area contributed by atoms with Gasteiger partial charge in [-0.05, 0) is 31.0 Å². The molecule has 0 radical (unpaired) electrons. The summed E-state index contributed by atoms with van der Waals surface area (Å²) in [5.74, 6) is 1.34. The molecular formula is C30H33N7O5. The Labute approximate surface area is 243 Å². The fourth-order valence-corrected chi connectivity index (χ4v) is 5.60. The van der Waals surface area contributed by atoms with Gasteiger partial charge in [0.15, 0.2) is 5.60 Å². The summed E-state index contributed by atoms with van der Waals surface area (Å²) in [5, 5.41) is 8.02. The van der Waals surface area contributed by atoms with Gasteiger partial charge >= 0.3 is 0 Å². The number of fused-ring (bicyclic) bond motifs is 1. The third kappa shape index (κ3) is 5.20. The van der Waals surface area contributed by atoms with E-state index in [0.717, 1.165) is 52.9 Å². The molecule has 2 aromatic heterocycles. The predicted octanol–water partition coefficient (Wildman–Crippen LogP) is 3.27. The summed E-state index contributed by atoms with van der Waals surface area (Å²) in [6, 6.07) is 11.6. The van der Waals surface area contributed by atoms with Gasteiger partial charge in [-0.15, -0.1) is 0 Å². The molecule has 2 amide bonds. The van der Waals surface area contributed by atoms with Crippen LogP contribution in [0, 0.1) is 0 Å². The van der Waals surface area contributed by atoms with Gasteiger partial charge in [0.1, 0.15) is 11.5 Å². The van der Waals surface area contributed by atoms with Crippen molar-refractivity contribution in [1.82, 2.24) is 29.5 Å². The van der Waals surface area contributed by atoms with Crippen molar-refractivity contribution >= 4 is 34.7 Å². The highest BCUT2D eigenvalue weighted by Gasteiger charge is 2.51. The van der Waals surface area contributed by atoms with Crippen LogP contribution in [0.1, 0.15) is 18.9 Å². The van der Waals surface area contributed by atoms with E-state index in [1.165, 1.54) is 7.11 Å².